The molecular formula is C14H25N7. The zero-order valence-electron chi connectivity index (χ0n) is 13.3. The number of rotatable bonds is 8. The average Bonchev–Trinajstić information content (AvgIpc) is 2.94. The quantitative estimate of drug-likeness (QED) is 0.645. The molecule has 2 aromatic heterocycles. The van der Waals surface area contributed by atoms with Crippen LogP contribution in [0.2, 0.25) is 0 Å². The Morgan fingerprint density at radius 1 is 1.29 bits per heavy atom. The molecular weight excluding hydrogens is 266 g/mol. The highest BCUT2D eigenvalue weighted by Gasteiger charge is 2.08. The lowest BCUT2D eigenvalue weighted by Gasteiger charge is -2.20. The number of fused-ring (bicyclic) bond motifs is 1. The summed E-state index contributed by atoms with van der Waals surface area (Å²) in [7, 11) is 3.97. The number of nitrogens with one attached hydrogen (secondary N) is 3. The fourth-order valence-electron chi connectivity index (χ4n) is 2.03. The molecule has 2 rings (SSSR count). The normalized spacial score (nSPS) is 11.5. The first kappa shape index (κ1) is 15.5. The molecule has 0 amide bonds. The molecule has 0 aromatic carbocycles. The van der Waals surface area contributed by atoms with E-state index in [0.717, 1.165) is 36.4 Å². The van der Waals surface area contributed by atoms with Gasteiger partial charge in [0.1, 0.15) is 5.82 Å². The van der Waals surface area contributed by atoms with E-state index < -0.39 is 0 Å². The van der Waals surface area contributed by atoms with E-state index in [0.29, 0.717) is 12.0 Å². The van der Waals surface area contributed by atoms with Gasteiger partial charge in [-0.25, -0.2) is 0 Å². The van der Waals surface area contributed by atoms with Gasteiger partial charge in [0.25, 0.3) is 0 Å². The number of unbranched alkanes of at least 4 members (excludes halogenated alkanes) is 1. The number of anilines is 2. The molecule has 0 saturated heterocycles. The maximum absolute atomic E-state index is 4.45. The first-order chi connectivity index (χ1) is 10.1. The molecule has 7 heteroatoms. The summed E-state index contributed by atoms with van der Waals surface area (Å²) < 4.78 is 0. The van der Waals surface area contributed by atoms with E-state index in [-0.39, 0.29) is 0 Å². The summed E-state index contributed by atoms with van der Waals surface area (Å²) >= 11 is 0. The van der Waals surface area contributed by atoms with Gasteiger partial charge < -0.3 is 15.5 Å². The van der Waals surface area contributed by atoms with Crippen molar-refractivity contribution in [1.82, 2.24) is 25.1 Å². The van der Waals surface area contributed by atoms with E-state index in [1.807, 2.05) is 7.05 Å². The third-order valence-corrected chi connectivity index (χ3v) is 3.64. The first-order valence-corrected chi connectivity index (χ1v) is 7.44. The molecule has 2 heterocycles. The van der Waals surface area contributed by atoms with Crippen molar-refractivity contribution in [1.29, 1.82) is 0 Å². The molecule has 0 saturated carbocycles. The van der Waals surface area contributed by atoms with Crippen LogP contribution in [0.3, 0.4) is 0 Å². The molecule has 21 heavy (non-hydrogen) atoms. The molecule has 0 bridgehead atoms. The van der Waals surface area contributed by atoms with Crippen molar-refractivity contribution in [3.8, 4) is 0 Å². The Morgan fingerprint density at radius 3 is 2.81 bits per heavy atom. The number of aromatic amines is 1. The van der Waals surface area contributed by atoms with E-state index in [2.05, 4.69) is 56.6 Å². The van der Waals surface area contributed by atoms with Gasteiger partial charge in [0.2, 0.25) is 5.95 Å². The van der Waals surface area contributed by atoms with Crippen molar-refractivity contribution >= 4 is 22.8 Å². The fraction of sp³-hybridized carbons (Fsp3) is 0.643. The van der Waals surface area contributed by atoms with E-state index in [1.54, 1.807) is 6.20 Å². The predicted molar refractivity (Wildman–Crippen MR) is 86.7 cm³/mol. The summed E-state index contributed by atoms with van der Waals surface area (Å²) in [6.45, 7) is 6.44. The number of hydrogen-bond acceptors (Lipinski definition) is 6. The van der Waals surface area contributed by atoms with Gasteiger partial charge in [-0.2, -0.15) is 15.1 Å². The van der Waals surface area contributed by atoms with Crippen LogP contribution in [0.25, 0.3) is 11.0 Å². The van der Waals surface area contributed by atoms with E-state index in [1.165, 1.54) is 6.42 Å². The van der Waals surface area contributed by atoms with Crippen LogP contribution in [0.15, 0.2) is 6.20 Å². The lowest BCUT2D eigenvalue weighted by atomic mass is 10.2. The third kappa shape index (κ3) is 4.04. The minimum atomic E-state index is 0.591. The number of H-pyrrole nitrogens is 1. The molecule has 116 valence electrons. The van der Waals surface area contributed by atoms with E-state index >= 15 is 0 Å². The van der Waals surface area contributed by atoms with Crippen LogP contribution in [0, 0.1) is 0 Å². The summed E-state index contributed by atoms with van der Waals surface area (Å²) in [5.41, 5.74) is 0.747. The smallest absolute Gasteiger partial charge is 0.226 e. The van der Waals surface area contributed by atoms with E-state index in [9.17, 15) is 0 Å². The SMILES string of the molecule is CNc1nc(NCCCCN(C)C(C)C)c2cn[nH]c2n1. The van der Waals surface area contributed by atoms with Crippen molar-refractivity contribution in [3.05, 3.63) is 6.20 Å². The van der Waals surface area contributed by atoms with Crippen LogP contribution in [0.4, 0.5) is 11.8 Å². The molecule has 0 unspecified atom stereocenters. The molecule has 2 aromatic rings. The van der Waals surface area contributed by atoms with Gasteiger partial charge in [0.05, 0.1) is 11.6 Å². The monoisotopic (exact) mass is 291 g/mol. The number of aromatic nitrogens is 4. The molecule has 3 N–H and O–H groups in total. The molecule has 0 atom stereocenters. The molecule has 0 spiro atoms. The number of nitrogens with zero attached hydrogens (tertiary/aromatic N) is 4. The van der Waals surface area contributed by atoms with Crippen molar-refractivity contribution in [3.63, 3.8) is 0 Å². The van der Waals surface area contributed by atoms with Crippen molar-refractivity contribution in [2.24, 2.45) is 0 Å². The summed E-state index contributed by atoms with van der Waals surface area (Å²) in [5.74, 6) is 1.42. The highest BCUT2D eigenvalue weighted by molar-refractivity contribution is 5.86. The largest absolute Gasteiger partial charge is 0.369 e. The van der Waals surface area contributed by atoms with Crippen LogP contribution in [-0.2, 0) is 0 Å². The van der Waals surface area contributed by atoms with E-state index in [4.69, 9.17) is 0 Å². The molecule has 0 radical (unpaired) electrons. The lowest BCUT2D eigenvalue weighted by Crippen LogP contribution is -2.27. The Bertz CT molecular complexity index is 563. The van der Waals surface area contributed by atoms with Crippen LogP contribution in [0.5, 0.6) is 0 Å². The highest BCUT2D eigenvalue weighted by Crippen LogP contribution is 2.19. The maximum atomic E-state index is 4.45. The van der Waals surface area contributed by atoms with Crippen LogP contribution in [0.1, 0.15) is 26.7 Å². The van der Waals surface area contributed by atoms with Crippen molar-refractivity contribution < 1.29 is 0 Å². The van der Waals surface area contributed by atoms with Gasteiger partial charge in [-0.1, -0.05) is 0 Å². The Hall–Kier alpha value is -1.89. The lowest BCUT2D eigenvalue weighted by molar-refractivity contribution is 0.269. The maximum Gasteiger partial charge on any atom is 0.226 e. The molecule has 0 aliphatic heterocycles. The predicted octanol–water partition coefficient (Wildman–Crippen LogP) is 1.93. The number of hydrogen-bond donors (Lipinski definition) is 3. The third-order valence-electron chi connectivity index (χ3n) is 3.64. The molecule has 0 aliphatic rings. The van der Waals surface area contributed by atoms with Crippen molar-refractivity contribution in [2.45, 2.75) is 32.7 Å². The Morgan fingerprint density at radius 2 is 2.10 bits per heavy atom. The van der Waals surface area contributed by atoms with Gasteiger partial charge >= 0.3 is 0 Å². The average molecular weight is 291 g/mol. The van der Waals surface area contributed by atoms with Crippen LogP contribution >= 0.6 is 0 Å². The van der Waals surface area contributed by atoms with Crippen molar-refractivity contribution in [2.75, 3.05) is 37.8 Å². The van der Waals surface area contributed by atoms with Gasteiger partial charge in [-0.15, -0.1) is 0 Å². The minimum absolute atomic E-state index is 0.591. The van der Waals surface area contributed by atoms with Gasteiger partial charge in [-0.05, 0) is 40.3 Å². The Labute approximate surface area is 125 Å². The van der Waals surface area contributed by atoms with Gasteiger partial charge in [-0.3, -0.25) is 5.10 Å². The first-order valence-electron chi connectivity index (χ1n) is 7.44. The standard InChI is InChI=1S/C14H25N7/c1-10(2)21(4)8-6-5-7-16-12-11-9-17-20-13(11)19-14(15-3)18-12/h9-10H,5-8H2,1-4H3,(H3,15,16,17,18,19,20). The second-order valence-electron chi connectivity index (χ2n) is 5.49. The molecule has 0 aliphatic carbocycles. The second kappa shape index (κ2) is 7.21. The summed E-state index contributed by atoms with van der Waals surface area (Å²) in [6.07, 6.45) is 4.03. The van der Waals surface area contributed by atoms with Crippen LogP contribution < -0.4 is 10.6 Å². The highest BCUT2D eigenvalue weighted by atomic mass is 15.2. The van der Waals surface area contributed by atoms with Gasteiger partial charge in [0.15, 0.2) is 5.65 Å². The fourth-order valence-corrected chi connectivity index (χ4v) is 2.03. The summed E-state index contributed by atoms with van der Waals surface area (Å²) in [4.78, 5) is 11.1. The topological polar surface area (TPSA) is 81.8 Å². The molecule has 0 fully saturated rings. The Kier molecular flexibility index (Phi) is 5.32. The van der Waals surface area contributed by atoms with Crippen LogP contribution in [-0.4, -0.2) is 58.3 Å². The second-order valence-corrected chi connectivity index (χ2v) is 5.49. The molecule has 7 nitrogen and oxygen atoms in total. The summed E-state index contributed by atoms with van der Waals surface area (Å²) in [5, 5.41) is 14.2. The minimum Gasteiger partial charge on any atom is -0.369 e. The Balaban J connectivity index is 1.87. The van der Waals surface area contributed by atoms with Gasteiger partial charge in [0, 0.05) is 19.6 Å². The summed E-state index contributed by atoms with van der Waals surface area (Å²) in [6, 6.07) is 0.601. The zero-order chi connectivity index (χ0) is 15.2. The zero-order valence-corrected chi connectivity index (χ0v) is 13.3.